The van der Waals surface area contributed by atoms with Gasteiger partial charge < -0.3 is 4.74 Å². The van der Waals surface area contributed by atoms with Crippen LogP contribution in [0.15, 0.2) is 29.2 Å². The van der Waals surface area contributed by atoms with Crippen LogP contribution in [0.25, 0.3) is 0 Å². The molecule has 0 bridgehead atoms. The van der Waals surface area contributed by atoms with Crippen LogP contribution in [0.2, 0.25) is 0 Å². The zero-order valence-corrected chi connectivity index (χ0v) is 13.4. The lowest BCUT2D eigenvalue weighted by atomic mass is 10.2. The minimum atomic E-state index is -3.82. The monoisotopic (exact) mass is 312 g/mol. The van der Waals surface area contributed by atoms with Crippen LogP contribution in [0, 0.1) is 0 Å². The maximum absolute atomic E-state index is 12.5. The van der Waals surface area contributed by atoms with E-state index < -0.39 is 21.1 Å². The quantitative estimate of drug-likeness (QED) is 0.595. The van der Waals surface area contributed by atoms with E-state index in [1.54, 1.807) is 20.8 Å². The van der Waals surface area contributed by atoms with Gasteiger partial charge in [0.2, 0.25) is 0 Å². The predicted octanol–water partition coefficient (Wildman–Crippen LogP) is 2.39. The number of rotatable bonds is 6. The van der Waals surface area contributed by atoms with E-state index in [0.717, 1.165) is 0 Å². The molecule has 0 aliphatic carbocycles. The van der Waals surface area contributed by atoms with Crippen LogP contribution < -0.4 is 0 Å². The molecule has 1 aromatic carbocycles. The Labute approximate surface area is 125 Å². The number of carbonyl (C=O) groups excluding carboxylic acids is 2. The molecule has 0 heterocycles. The molecular weight excluding hydrogens is 292 g/mol. The Morgan fingerprint density at radius 1 is 1.14 bits per heavy atom. The van der Waals surface area contributed by atoms with Gasteiger partial charge in [0.05, 0.1) is 11.0 Å². The molecule has 0 fully saturated rings. The van der Waals surface area contributed by atoms with E-state index in [-0.39, 0.29) is 23.2 Å². The topological polar surface area (TPSA) is 77.5 Å². The largest absolute Gasteiger partial charge is 0.462 e. The van der Waals surface area contributed by atoms with Gasteiger partial charge in [-0.05, 0) is 39.3 Å². The van der Waals surface area contributed by atoms with E-state index in [1.165, 1.54) is 31.2 Å². The first-order valence-corrected chi connectivity index (χ1v) is 8.30. The first-order valence-electron chi connectivity index (χ1n) is 6.75. The Morgan fingerprint density at radius 2 is 1.67 bits per heavy atom. The molecule has 5 nitrogen and oxygen atoms in total. The van der Waals surface area contributed by atoms with Gasteiger partial charge in [-0.1, -0.05) is 19.1 Å². The van der Waals surface area contributed by atoms with E-state index in [2.05, 4.69) is 0 Å². The van der Waals surface area contributed by atoms with Crippen molar-refractivity contribution in [1.29, 1.82) is 0 Å². The van der Waals surface area contributed by atoms with E-state index in [0.29, 0.717) is 5.56 Å². The van der Waals surface area contributed by atoms with Crippen molar-refractivity contribution in [3.63, 3.8) is 0 Å². The highest BCUT2D eigenvalue weighted by Gasteiger charge is 2.34. The standard InChI is InChI=1S/C15H20O5S/c1-5-14(15(17)20-10(2)3)21(18,19)13-8-6-12(7-9-13)11(4)16/h6-10,14H,5H2,1-4H3. The number of sulfone groups is 1. The van der Waals surface area contributed by atoms with Gasteiger partial charge in [0, 0.05) is 5.56 Å². The first kappa shape index (κ1) is 17.4. The lowest BCUT2D eigenvalue weighted by Crippen LogP contribution is -2.33. The van der Waals surface area contributed by atoms with Gasteiger partial charge in [0.25, 0.3) is 0 Å². The third-order valence-electron chi connectivity index (χ3n) is 2.95. The van der Waals surface area contributed by atoms with Crippen LogP contribution in [0.3, 0.4) is 0 Å². The van der Waals surface area contributed by atoms with Crippen LogP contribution in [0.1, 0.15) is 44.5 Å². The van der Waals surface area contributed by atoms with Crippen molar-refractivity contribution in [3.8, 4) is 0 Å². The molecule has 21 heavy (non-hydrogen) atoms. The third-order valence-corrected chi connectivity index (χ3v) is 5.15. The van der Waals surface area contributed by atoms with Crippen LogP contribution in [-0.4, -0.2) is 31.5 Å². The Bertz CT molecular complexity index is 614. The summed E-state index contributed by atoms with van der Waals surface area (Å²) in [4.78, 5) is 23.1. The van der Waals surface area contributed by atoms with Gasteiger partial charge in [-0.15, -0.1) is 0 Å². The summed E-state index contributed by atoms with van der Waals surface area (Å²) in [5.74, 6) is -0.895. The normalized spacial score (nSPS) is 13.0. The van der Waals surface area contributed by atoms with E-state index in [4.69, 9.17) is 4.74 Å². The van der Waals surface area contributed by atoms with Crippen molar-refractivity contribution in [2.45, 2.75) is 50.4 Å². The average molecular weight is 312 g/mol. The smallest absolute Gasteiger partial charge is 0.324 e. The molecule has 0 radical (unpaired) electrons. The van der Waals surface area contributed by atoms with Gasteiger partial charge in [0.15, 0.2) is 20.9 Å². The summed E-state index contributed by atoms with van der Waals surface area (Å²) in [5.41, 5.74) is 0.423. The lowest BCUT2D eigenvalue weighted by Gasteiger charge is -2.17. The molecule has 1 unspecified atom stereocenters. The highest BCUT2D eigenvalue weighted by atomic mass is 32.2. The van der Waals surface area contributed by atoms with Crippen LogP contribution >= 0.6 is 0 Å². The van der Waals surface area contributed by atoms with Gasteiger partial charge >= 0.3 is 5.97 Å². The number of hydrogen-bond donors (Lipinski definition) is 0. The molecule has 0 N–H and O–H groups in total. The second-order valence-corrected chi connectivity index (χ2v) is 7.14. The summed E-state index contributed by atoms with van der Waals surface area (Å²) in [6.07, 6.45) is -0.246. The summed E-state index contributed by atoms with van der Waals surface area (Å²) >= 11 is 0. The minimum absolute atomic E-state index is 0.0139. The molecule has 0 aliphatic rings. The molecule has 0 amide bonds. The molecular formula is C15H20O5S. The fourth-order valence-corrected chi connectivity index (χ4v) is 3.46. The van der Waals surface area contributed by atoms with Crippen LogP contribution in [0.5, 0.6) is 0 Å². The summed E-state index contributed by atoms with van der Waals surface area (Å²) in [5, 5.41) is -1.23. The predicted molar refractivity (Wildman–Crippen MR) is 78.9 cm³/mol. The maximum Gasteiger partial charge on any atom is 0.324 e. The highest BCUT2D eigenvalue weighted by molar-refractivity contribution is 7.92. The number of benzene rings is 1. The summed E-state index contributed by atoms with van der Waals surface area (Å²) in [7, 11) is -3.82. The zero-order chi connectivity index (χ0) is 16.2. The molecule has 1 atom stereocenters. The van der Waals surface area contributed by atoms with E-state index >= 15 is 0 Å². The van der Waals surface area contributed by atoms with Crippen molar-refractivity contribution in [2.75, 3.05) is 0 Å². The van der Waals surface area contributed by atoms with Gasteiger partial charge in [-0.25, -0.2) is 8.42 Å². The third kappa shape index (κ3) is 4.14. The summed E-state index contributed by atoms with van der Waals surface area (Å²) in [6.45, 7) is 6.35. The Hall–Kier alpha value is -1.69. The summed E-state index contributed by atoms with van der Waals surface area (Å²) in [6, 6.07) is 5.57. The first-order chi connectivity index (χ1) is 9.70. The minimum Gasteiger partial charge on any atom is -0.462 e. The maximum atomic E-state index is 12.5. The van der Waals surface area contributed by atoms with Crippen molar-refractivity contribution in [2.24, 2.45) is 0 Å². The SMILES string of the molecule is CCC(C(=O)OC(C)C)S(=O)(=O)c1ccc(C(C)=O)cc1. The number of ether oxygens (including phenoxy) is 1. The fraction of sp³-hybridized carbons (Fsp3) is 0.467. The Morgan fingerprint density at radius 3 is 2.05 bits per heavy atom. The van der Waals surface area contributed by atoms with E-state index in [9.17, 15) is 18.0 Å². The Balaban J connectivity index is 3.12. The molecule has 116 valence electrons. The lowest BCUT2D eigenvalue weighted by molar-refractivity contribution is -0.146. The van der Waals surface area contributed by atoms with Gasteiger partial charge in [-0.2, -0.15) is 0 Å². The van der Waals surface area contributed by atoms with Crippen molar-refractivity contribution >= 4 is 21.6 Å². The van der Waals surface area contributed by atoms with Crippen LogP contribution in [-0.2, 0) is 19.4 Å². The molecule has 0 aromatic heterocycles. The Kier molecular flexibility index (Phi) is 5.66. The molecule has 6 heteroatoms. The highest BCUT2D eigenvalue weighted by Crippen LogP contribution is 2.20. The van der Waals surface area contributed by atoms with Crippen LogP contribution in [0.4, 0.5) is 0 Å². The number of esters is 1. The van der Waals surface area contributed by atoms with E-state index in [1.807, 2.05) is 0 Å². The second-order valence-electron chi connectivity index (χ2n) is 5.01. The molecule has 0 saturated heterocycles. The molecule has 0 saturated carbocycles. The number of carbonyl (C=O) groups is 2. The number of Topliss-reactive ketones (excluding diaryl/α,β-unsaturated/α-hetero) is 1. The van der Waals surface area contributed by atoms with Crippen molar-refractivity contribution in [1.82, 2.24) is 0 Å². The number of hydrogen-bond acceptors (Lipinski definition) is 5. The second kappa shape index (κ2) is 6.85. The fourth-order valence-electron chi connectivity index (χ4n) is 1.86. The summed E-state index contributed by atoms with van der Waals surface area (Å²) < 4.78 is 30.0. The molecule has 1 aromatic rings. The van der Waals surface area contributed by atoms with Crippen molar-refractivity contribution in [3.05, 3.63) is 29.8 Å². The van der Waals surface area contributed by atoms with Gasteiger partial charge in [0.1, 0.15) is 0 Å². The van der Waals surface area contributed by atoms with Gasteiger partial charge in [-0.3, -0.25) is 9.59 Å². The average Bonchev–Trinajstić information content (AvgIpc) is 2.38. The molecule has 0 spiro atoms. The molecule has 0 aliphatic heterocycles. The zero-order valence-electron chi connectivity index (χ0n) is 12.6. The van der Waals surface area contributed by atoms with Crippen molar-refractivity contribution < 1.29 is 22.7 Å². The number of ketones is 1. The molecule has 1 rings (SSSR count).